The number of hydrogen-bond donors (Lipinski definition) is 2. The molecule has 186 valence electrons. The Kier molecular flexibility index (Phi) is 6.72. The quantitative estimate of drug-likeness (QED) is 0.281. The first-order valence-electron chi connectivity index (χ1n) is 10.3. The lowest BCUT2D eigenvalue weighted by atomic mass is 9.95. The molecule has 36 heavy (non-hydrogen) atoms. The van der Waals surface area contributed by atoms with Gasteiger partial charge < -0.3 is 14.6 Å². The number of primary sulfonamides is 1. The molecular weight excluding hydrogens is 510 g/mol. The standard InChI is InChI=1S/C24H20ClN3O7S/c1-34-18-12-19(35-2)17(25)11-16(18)22(29)20-21(13-7-9-27-10-8-13)28(24(31)23(20)30)14-3-5-15(6-4-14)36(26,32)33/h3-12,21,29H,1-2H3,(H2,26,32,33)/b22-20+. The lowest BCUT2D eigenvalue weighted by Gasteiger charge is -2.25. The fourth-order valence-corrected chi connectivity index (χ4v) is 4.70. The topological polar surface area (TPSA) is 149 Å². The summed E-state index contributed by atoms with van der Waals surface area (Å²) in [7, 11) is -1.20. The van der Waals surface area contributed by atoms with E-state index in [1.807, 2.05) is 0 Å². The van der Waals surface area contributed by atoms with Crippen LogP contribution < -0.4 is 19.5 Å². The third-order valence-electron chi connectivity index (χ3n) is 5.64. The zero-order valence-electron chi connectivity index (χ0n) is 19.0. The Hall–Kier alpha value is -3.93. The zero-order valence-corrected chi connectivity index (χ0v) is 20.6. The molecule has 1 aromatic heterocycles. The summed E-state index contributed by atoms with van der Waals surface area (Å²) in [4.78, 5) is 31.5. The average molecular weight is 530 g/mol. The van der Waals surface area contributed by atoms with Crippen LogP contribution in [0.15, 0.2) is 71.4 Å². The van der Waals surface area contributed by atoms with Crippen LogP contribution in [-0.4, -0.2) is 44.4 Å². The first-order valence-corrected chi connectivity index (χ1v) is 12.3. The molecule has 0 spiro atoms. The highest BCUT2D eigenvalue weighted by Crippen LogP contribution is 2.44. The maximum Gasteiger partial charge on any atom is 0.300 e. The Morgan fingerprint density at radius 2 is 1.64 bits per heavy atom. The van der Waals surface area contributed by atoms with Gasteiger partial charge in [-0.25, -0.2) is 13.6 Å². The highest BCUT2D eigenvalue weighted by Gasteiger charge is 2.47. The second-order valence-electron chi connectivity index (χ2n) is 7.68. The van der Waals surface area contributed by atoms with Crippen molar-refractivity contribution in [3.8, 4) is 11.5 Å². The summed E-state index contributed by atoms with van der Waals surface area (Å²) in [5.74, 6) is -1.96. The molecule has 0 saturated carbocycles. The maximum atomic E-state index is 13.3. The van der Waals surface area contributed by atoms with Gasteiger partial charge in [-0.2, -0.15) is 0 Å². The lowest BCUT2D eigenvalue weighted by molar-refractivity contribution is -0.132. The van der Waals surface area contributed by atoms with Gasteiger partial charge in [0, 0.05) is 24.1 Å². The number of sulfonamides is 1. The minimum atomic E-state index is -3.98. The van der Waals surface area contributed by atoms with E-state index in [1.54, 1.807) is 12.1 Å². The van der Waals surface area contributed by atoms with E-state index in [0.29, 0.717) is 5.56 Å². The van der Waals surface area contributed by atoms with E-state index in [0.717, 1.165) is 4.90 Å². The SMILES string of the molecule is COc1cc(OC)c(/C(O)=C2\C(=O)C(=O)N(c3ccc(S(N)(=O)=O)cc3)C2c2ccncc2)cc1Cl. The van der Waals surface area contributed by atoms with Gasteiger partial charge in [-0.1, -0.05) is 11.6 Å². The van der Waals surface area contributed by atoms with Gasteiger partial charge in [-0.15, -0.1) is 0 Å². The van der Waals surface area contributed by atoms with Gasteiger partial charge in [0.2, 0.25) is 10.0 Å². The van der Waals surface area contributed by atoms with E-state index < -0.39 is 33.5 Å². The van der Waals surface area contributed by atoms with Gasteiger partial charge in [0.25, 0.3) is 11.7 Å². The number of ketones is 1. The molecule has 1 unspecified atom stereocenters. The van der Waals surface area contributed by atoms with Crippen molar-refractivity contribution in [3.63, 3.8) is 0 Å². The number of aliphatic hydroxyl groups excluding tert-OH is 1. The fraction of sp³-hybridized carbons (Fsp3) is 0.125. The van der Waals surface area contributed by atoms with Crippen molar-refractivity contribution in [3.05, 3.63) is 82.6 Å². The third kappa shape index (κ3) is 4.39. The van der Waals surface area contributed by atoms with E-state index in [1.165, 1.54) is 63.0 Å². The summed E-state index contributed by atoms with van der Waals surface area (Å²) >= 11 is 6.26. The van der Waals surface area contributed by atoms with Crippen molar-refractivity contribution in [2.75, 3.05) is 19.1 Å². The number of halogens is 1. The number of nitrogens with zero attached hydrogens (tertiary/aromatic N) is 2. The summed E-state index contributed by atoms with van der Waals surface area (Å²) < 4.78 is 33.9. The van der Waals surface area contributed by atoms with Crippen LogP contribution in [0.1, 0.15) is 17.2 Å². The predicted octanol–water partition coefficient (Wildman–Crippen LogP) is 3.03. The third-order valence-corrected chi connectivity index (χ3v) is 6.86. The fourth-order valence-electron chi connectivity index (χ4n) is 3.95. The largest absolute Gasteiger partial charge is 0.507 e. The normalized spacial score (nSPS) is 17.3. The van der Waals surface area contributed by atoms with Crippen LogP contribution in [0.4, 0.5) is 5.69 Å². The van der Waals surface area contributed by atoms with E-state index >= 15 is 0 Å². The molecule has 1 atom stereocenters. The maximum absolute atomic E-state index is 13.3. The number of pyridine rings is 1. The molecule has 10 nitrogen and oxygen atoms in total. The van der Waals surface area contributed by atoms with Gasteiger partial charge in [0.1, 0.15) is 17.3 Å². The molecule has 3 aromatic rings. The lowest BCUT2D eigenvalue weighted by Crippen LogP contribution is -2.29. The van der Waals surface area contributed by atoms with Crippen molar-refractivity contribution in [1.82, 2.24) is 4.98 Å². The van der Waals surface area contributed by atoms with Crippen LogP contribution in [0.3, 0.4) is 0 Å². The van der Waals surface area contributed by atoms with Crippen molar-refractivity contribution < 1.29 is 32.6 Å². The molecular formula is C24H20ClN3O7S. The van der Waals surface area contributed by atoms with E-state index in [-0.39, 0.29) is 38.2 Å². The number of methoxy groups -OCH3 is 2. The second kappa shape index (κ2) is 9.61. The van der Waals surface area contributed by atoms with Crippen molar-refractivity contribution in [2.24, 2.45) is 5.14 Å². The number of nitrogens with two attached hydrogens (primary N) is 1. The monoisotopic (exact) mass is 529 g/mol. The molecule has 1 fully saturated rings. The Labute approximate surface area is 211 Å². The van der Waals surface area contributed by atoms with Gasteiger partial charge in [0.15, 0.2) is 0 Å². The van der Waals surface area contributed by atoms with Gasteiger partial charge in [-0.3, -0.25) is 19.5 Å². The second-order valence-corrected chi connectivity index (χ2v) is 9.64. The summed E-state index contributed by atoms with van der Waals surface area (Å²) in [6, 6.07) is 10.1. The van der Waals surface area contributed by atoms with E-state index in [9.17, 15) is 23.1 Å². The Morgan fingerprint density at radius 3 is 2.19 bits per heavy atom. The molecule has 2 aromatic carbocycles. The number of rotatable bonds is 6. The predicted molar refractivity (Wildman–Crippen MR) is 131 cm³/mol. The van der Waals surface area contributed by atoms with Crippen LogP contribution in [0, 0.1) is 0 Å². The van der Waals surface area contributed by atoms with Crippen molar-refractivity contribution >= 4 is 44.8 Å². The summed E-state index contributed by atoms with van der Waals surface area (Å²) in [6.07, 6.45) is 2.95. The number of aromatic nitrogens is 1. The highest BCUT2D eigenvalue weighted by molar-refractivity contribution is 7.89. The molecule has 1 aliphatic rings. The molecule has 12 heteroatoms. The van der Waals surface area contributed by atoms with Gasteiger partial charge in [-0.05, 0) is 48.0 Å². The number of carbonyl (C=O) groups excluding carboxylic acids is 2. The molecule has 0 radical (unpaired) electrons. The van der Waals surface area contributed by atoms with E-state index in [2.05, 4.69) is 4.98 Å². The summed E-state index contributed by atoms with van der Waals surface area (Å²) in [6.45, 7) is 0. The minimum absolute atomic E-state index is 0.0740. The molecule has 4 rings (SSSR count). The number of hydrogen-bond acceptors (Lipinski definition) is 8. The Morgan fingerprint density at radius 1 is 1.03 bits per heavy atom. The van der Waals surface area contributed by atoms with Gasteiger partial charge in [0.05, 0.1) is 41.3 Å². The number of anilines is 1. The van der Waals surface area contributed by atoms with Gasteiger partial charge >= 0.3 is 0 Å². The number of ether oxygens (including phenoxy) is 2. The molecule has 1 saturated heterocycles. The average Bonchev–Trinajstić information content (AvgIpc) is 3.13. The summed E-state index contributed by atoms with van der Waals surface area (Å²) in [5, 5.41) is 16.7. The minimum Gasteiger partial charge on any atom is -0.507 e. The van der Waals surface area contributed by atoms with Crippen molar-refractivity contribution in [1.29, 1.82) is 0 Å². The Bertz CT molecular complexity index is 1490. The first kappa shape index (κ1) is 25.2. The van der Waals surface area contributed by atoms with Crippen LogP contribution >= 0.6 is 11.6 Å². The molecule has 0 bridgehead atoms. The van der Waals surface area contributed by atoms with Crippen LogP contribution in [0.25, 0.3) is 5.76 Å². The summed E-state index contributed by atoms with van der Waals surface area (Å²) in [5.41, 5.74) is 0.538. The molecule has 2 heterocycles. The van der Waals surface area contributed by atoms with E-state index in [4.69, 9.17) is 26.2 Å². The number of carbonyl (C=O) groups is 2. The zero-order chi connectivity index (χ0) is 26.2. The number of aliphatic hydroxyl groups is 1. The first-order chi connectivity index (χ1) is 17.1. The van der Waals surface area contributed by atoms with Crippen LogP contribution in [-0.2, 0) is 19.6 Å². The molecule has 1 aliphatic heterocycles. The molecule has 1 amide bonds. The highest BCUT2D eigenvalue weighted by atomic mass is 35.5. The van der Waals surface area contributed by atoms with Crippen molar-refractivity contribution in [2.45, 2.75) is 10.9 Å². The van der Waals surface area contributed by atoms with Crippen LogP contribution in [0.5, 0.6) is 11.5 Å². The molecule has 3 N–H and O–H groups in total. The smallest absolute Gasteiger partial charge is 0.300 e. The number of Topliss-reactive ketones (excluding diaryl/α,β-unsaturated/α-hetero) is 1. The van der Waals surface area contributed by atoms with Crippen LogP contribution in [0.2, 0.25) is 5.02 Å². The number of benzene rings is 2. The molecule has 0 aliphatic carbocycles. The Balaban J connectivity index is 1.95. The number of amides is 1.